The number of amides is 1. The molecular formula is C20H22FN5OS. The van der Waals surface area contributed by atoms with Crippen LogP contribution in [0.1, 0.15) is 12.5 Å². The second-order valence-corrected chi connectivity index (χ2v) is 7.88. The van der Waals surface area contributed by atoms with Gasteiger partial charge in [0.15, 0.2) is 0 Å². The van der Waals surface area contributed by atoms with Crippen LogP contribution in [0.25, 0.3) is 10.2 Å². The van der Waals surface area contributed by atoms with Gasteiger partial charge in [0.2, 0.25) is 5.91 Å². The summed E-state index contributed by atoms with van der Waals surface area (Å²) in [5.41, 5.74) is 1.37. The molecule has 0 aliphatic carbocycles. The van der Waals surface area contributed by atoms with Crippen LogP contribution in [0.15, 0.2) is 36.0 Å². The fraction of sp³-hybridized carbons (Fsp3) is 0.350. The molecule has 1 aromatic carbocycles. The van der Waals surface area contributed by atoms with E-state index in [0.717, 1.165) is 47.8 Å². The summed E-state index contributed by atoms with van der Waals surface area (Å²) in [5.74, 6) is 0.481. The summed E-state index contributed by atoms with van der Waals surface area (Å²) in [6.07, 6.45) is 1.61. The summed E-state index contributed by atoms with van der Waals surface area (Å²) in [6, 6.07) is 6.18. The number of nitrogens with zero attached hydrogens (tertiary/aromatic N) is 4. The van der Waals surface area contributed by atoms with Crippen molar-refractivity contribution in [1.29, 1.82) is 0 Å². The molecule has 1 aliphatic heterocycles. The molecule has 4 rings (SSSR count). The number of hydrogen-bond acceptors (Lipinski definition) is 6. The van der Waals surface area contributed by atoms with E-state index in [1.54, 1.807) is 23.7 Å². The lowest BCUT2D eigenvalue weighted by atomic mass is 10.1. The lowest BCUT2D eigenvalue weighted by Gasteiger charge is -2.38. The van der Waals surface area contributed by atoms with Crippen LogP contribution in [0.5, 0.6) is 0 Å². The molecule has 0 saturated carbocycles. The van der Waals surface area contributed by atoms with Crippen LogP contribution >= 0.6 is 11.3 Å². The SMILES string of the molecule is Cc1ccc(F)cc1NC(=O)C(C)N1CCN(c2ncnc3sccc23)CC1. The Balaban J connectivity index is 1.39. The fourth-order valence-electron chi connectivity index (χ4n) is 3.48. The number of halogens is 1. The molecule has 0 radical (unpaired) electrons. The highest BCUT2D eigenvalue weighted by Crippen LogP contribution is 2.27. The molecule has 28 heavy (non-hydrogen) atoms. The molecule has 3 heterocycles. The third-order valence-corrected chi connectivity index (χ3v) is 6.06. The number of hydrogen-bond donors (Lipinski definition) is 1. The van der Waals surface area contributed by atoms with Crippen molar-refractivity contribution in [2.45, 2.75) is 19.9 Å². The van der Waals surface area contributed by atoms with E-state index in [1.165, 1.54) is 12.1 Å². The lowest BCUT2D eigenvalue weighted by Crippen LogP contribution is -2.53. The van der Waals surface area contributed by atoms with Crippen LogP contribution < -0.4 is 10.2 Å². The number of piperazine rings is 1. The number of benzene rings is 1. The van der Waals surface area contributed by atoms with E-state index in [0.29, 0.717) is 5.69 Å². The van der Waals surface area contributed by atoms with E-state index >= 15 is 0 Å². The maximum absolute atomic E-state index is 13.5. The first-order valence-electron chi connectivity index (χ1n) is 9.27. The van der Waals surface area contributed by atoms with Crippen molar-refractivity contribution in [2.24, 2.45) is 0 Å². The minimum Gasteiger partial charge on any atom is -0.353 e. The van der Waals surface area contributed by atoms with Crippen molar-refractivity contribution < 1.29 is 9.18 Å². The number of thiophene rings is 1. The first kappa shape index (κ1) is 18.8. The number of carbonyl (C=O) groups excluding carboxylic acids is 1. The molecule has 1 fully saturated rings. The van der Waals surface area contributed by atoms with E-state index in [-0.39, 0.29) is 17.8 Å². The highest BCUT2D eigenvalue weighted by molar-refractivity contribution is 7.16. The average molecular weight is 399 g/mol. The second-order valence-electron chi connectivity index (χ2n) is 6.98. The Morgan fingerprint density at radius 2 is 2.00 bits per heavy atom. The lowest BCUT2D eigenvalue weighted by molar-refractivity contribution is -0.120. The molecule has 0 bridgehead atoms. The van der Waals surface area contributed by atoms with Gasteiger partial charge in [-0.25, -0.2) is 14.4 Å². The van der Waals surface area contributed by atoms with Crippen LogP contribution in [0.4, 0.5) is 15.9 Å². The van der Waals surface area contributed by atoms with Gasteiger partial charge in [-0.2, -0.15) is 0 Å². The van der Waals surface area contributed by atoms with Crippen molar-refractivity contribution in [3.8, 4) is 0 Å². The molecule has 2 aromatic heterocycles. The molecule has 1 amide bonds. The number of carbonyl (C=O) groups is 1. The van der Waals surface area contributed by atoms with Gasteiger partial charge in [0.1, 0.15) is 22.8 Å². The zero-order valence-electron chi connectivity index (χ0n) is 15.9. The number of aromatic nitrogens is 2. The fourth-order valence-corrected chi connectivity index (χ4v) is 4.21. The maximum Gasteiger partial charge on any atom is 0.241 e. The van der Waals surface area contributed by atoms with Crippen LogP contribution in [-0.4, -0.2) is 53.0 Å². The van der Waals surface area contributed by atoms with Crippen molar-refractivity contribution in [3.63, 3.8) is 0 Å². The van der Waals surface area contributed by atoms with Crippen molar-refractivity contribution in [2.75, 3.05) is 36.4 Å². The maximum atomic E-state index is 13.5. The van der Waals surface area contributed by atoms with Gasteiger partial charge in [-0.05, 0) is 43.0 Å². The molecule has 3 aromatic rings. The van der Waals surface area contributed by atoms with Crippen molar-refractivity contribution >= 4 is 39.0 Å². The van der Waals surface area contributed by atoms with E-state index in [4.69, 9.17) is 0 Å². The first-order valence-corrected chi connectivity index (χ1v) is 10.1. The molecule has 1 aliphatic rings. The standard InChI is InChI=1S/C20H22FN5OS/c1-13-3-4-15(21)11-17(13)24-19(27)14(2)25-6-8-26(9-7-25)18-16-5-10-28-20(16)23-12-22-18/h3-5,10-12,14H,6-9H2,1-2H3,(H,24,27). The Morgan fingerprint density at radius 3 is 2.79 bits per heavy atom. The predicted molar refractivity (Wildman–Crippen MR) is 110 cm³/mol. The number of aryl methyl sites for hydroxylation is 1. The highest BCUT2D eigenvalue weighted by Gasteiger charge is 2.27. The summed E-state index contributed by atoms with van der Waals surface area (Å²) in [7, 11) is 0. The quantitative estimate of drug-likeness (QED) is 0.730. The van der Waals surface area contributed by atoms with E-state index in [1.807, 2.05) is 19.2 Å². The zero-order chi connectivity index (χ0) is 19.7. The summed E-state index contributed by atoms with van der Waals surface area (Å²) in [6.45, 7) is 6.84. The van der Waals surface area contributed by atoms with Gasteiger partial charge in [0.05, 0.1) is 11.4 Å². The summed E-state index contributed by atoms with van der Waals surface area (Å²) in [4.78, 5) is 26.8. The van der Waals surface area contributed by atoms with Crippen LogP contribution in [0.2, 0.25) is 0 Å². The summed E-state index contributed by atoms with van der Waals surface area (Å²) in [5, 5.41) is 5.96. The van der Waals surface area contributed by atoms with Gasteiger partial charge in [-0.3, -0.25) is 9.69 Å². The Kier molecular flexibility index (Phi) is 5.23. The van der Waals surface area contributed by atoms with E-state index in [9.17, 15) is 9.18 Å². The third-order valence-electron chi connectivity index (χ3n) is 5.24. The smallest absolute Gasteiger partial charge is 0.241 e. The van der Waals surface area contributed by atoms with Crippen LogP contribution in [0.3, 0.4) is 0 Å². The minimum absolute atomic E-state index is 0.121. The third kappa shape index (κ3) is 3.70. The molecule has 1 saturated heterocycles. The molecule has 1 unspecified atom stereocenters. The van der Waals surface area contributed by atoms with Crippen molar-refractivity contribution in [1.82, 2.24) is 14.9 Å². The number of nitrogens with one attached hydrogen (secondary N) is 1. The number of anilines is 2. The largest absolute Gasteiger partial charge is 0.353 e. The van der Waals surface area contributed by atoms with E-state index in [2.05, 4.69) is 31.2 Å². The Bertz CT molecular complexity index is 999. The molecular weight excluding hydrogens is 377 g/mol. The first-order chi connectivity index (χ1) is 13.5. The van der Waals surface area contributed by atoms with Gasteiger partial charge in [-0.15, -0.1) is 11.3 Å². The van der Waals surface area contributed by atoms with Gasteiger partial charge in [-0.1, -0.05) is 6.07 Å². The number of rotatable bonds is 4. The topological polar surface area (TPSA) is 61.4 Å². The molecule has 0 spiro atoms. The van der Waals surface area contributed by atoms with E-state index < -0.39 is 0 Å². The Labute approximate surface area is 167 Å². The zero-order valence-corrected chi connectivity index (χ0v) is 16.7. The van der Waals surface area contributed by atoms with Gasteiger partial charge in [0.25, 0.3) is 0 Å². The summed E-state index contributed by atoms with van der Waals surface area (Å²) >= 11 is 1.61. The summed E-state index contributed by atoms with van der Waals surface area (Å²) < 4.78 is 13.5. The van der Waals surface area contributed by atoms with Gasteiger partial charge < -0.3 is 10.2 Å². The van der Waals surface area contributed by atoms with Crippen LogP contribution in [0, 0.1) is 12.7 Å². The Hall–Kier alpha value is -2.58. The van der Waals surface area contributed by atoms with Crippen LogP contribution in [-0.2, 0) is 4.79 Å². The van der Waals surface area contributed by atoms with Crippen molar-refractivity contribution in [3.05, 3.63) is 47.4 Å². The highest BCUT2D eigenvalue weighted by atomic mass is 32.1. The second kappa shape index (κ2) is 7.81. The van der Waals surface area contributed by atoms with Gasteiger partial charge >= 0.3 is 0 Å². The molecule has 1 atom stereocenters. The monoisotopic (exact) mass is 399 g/mol. The normalized spacial score (nSPS) is 16.3. The number of fused-ring (bicyclic) bond motifs is 1. The average Bonchev–Trinajstić information content (AvgIpc) is 3.19. The predicted octanol–water partition coefficient (Wildman–Crippen LogP) is 3.29. The molecule has 1 N–H and O–H groups in total. The molecule has 146 valence electrons. The Morgan fingerprint density at radius 1 is 1.21 bits per heavy atom. The minimum atomic E-state index is -0.355. The van der Waals surface area contributed by atoms with Gasteiger partial charge in [0, 0.05) is 31.9 Å². The molecule has 8 heteroatoms. The molecule has 6 nitrogen and oxygen atoms in total.